The van der Waals surface area contributed by atoms with Gasteiger partial charge >= 0.3 is 0 Å². The Labute approximate surface area is 143 Å². The quantitative estimate of drug-likeness (QED) is 0.741. The summed E-state index contributed by atoms with van der Waals surface area (Å²) < 4.78 is 24.4. The summed E-state index contributed by atoms with van der Waals surface area (Å²) in [5.74, 6) is -0.488. The van der Waals surface area contributed by atoms with Crippen LogP contribution in [0.4, 0.5) is 10.1 Å². The van der Waals surface area contributed by atoms with Crippen molar-refractivity contribution in [3.05, 3.63) is 29.6 Å². The van der Waals surface area contributed by atoms with Crippen molar-refractivity contribution in [2.24, 2.45) is 0 Å². The highest BCUT2D eigenvalue weighted by molar-refractivity contribution is 5.78. The van der Waals surface area contributed by atoms with Gasteiger partial charge in [-0.3, -0.25) is 4.79 Å². The van der Waals surface area contributed by atoms with Crippen LogP contribution in [0.2, 0.25) is 0 Å². The number of ether oxygens (including phenoxy) is 2. The molecule has 0 spiro atoms. The van der Waals surface area contributed by atoms with Gasteiger partial charge in [0.05, 0.1) is 19.3 Å². The molecule has 134 valence electrons. The van der Waals surface area contributed by atoms with E-state index in [-0.39, 0.29) is 24.4 Å². The highest BCUT2D eigenvalue weighted by Crippen LogP contribution is 2.28. The summed E-state index contributed by atoms with van der Waals surface area (Å²) in [5, 5.41) is 2.89. The van der Waals surface area contributed by atoms with Crippen molar-refractivity contribution >= 4 is 11.6 Å². The Hall–Kier alpha value is -1.66. The molecule has 0 saturated carbocycles. The second-order valence-electron chi connectivity index (χ2n) is 6.00. The molecule has 1 fully saturated rings. The average Bonchev–Trinajstić information content (AvgIpc) is 2.59. The fourth-order valence-electron chi connectivity index (χ4n) is 2.74. The third-order valence-electron chi connectivity index (χ3n) is 4.06. The zero-order valence-corrected chi connectivity index (χ0v) is 14.5. The van der Waals surface area contributed by atoms with Crippen molar-refractivity contribution in [2.45, 2.75) is 32.7 Å². The van der Waals surface area contributed by atoms with Gasteiger partial charge in [0.1, 0.15) is 12.4 Å². The number of morpholine rings is 1. The van der Waals surface area contributed by atoms with Gasteiger partial charge in [-0.25, -0.2) is 4.39 Å². The molecule has 1 atom stereocenters. The Balaban J connectivity index is 2.00. The number of rotatable bonds is 8. The number of nitrogens with zero attached hydrogens (tertiary/aromatic N) is 1. The lowest BCUT2D eigenvalue weighted by molar-refractivity contribution is -0.126. The van der Waals surface area contributed by atoms with Crippen LogP contribution in [0.1, 0.15) is 38.3 Å². The van der Waals surface area contributed by atoms with Crippen molar-refractivity contribution < 1.29 is 18.7 Å². The molecule has 2 rings (SSSR count). The van der Waals surface area contributed by atoms with Crippen LogP contribution in [0.5, 0.6) is 0 Å². The van der Waals surface area contributed by atoms with Crippen LogP contribution in [0.25, 0.3) is 0 Å². The summed E-state index contributed by atoms with van der Waals surface area (Å²) in [6.45, 7) is 7.39. The molecule has 1 aliphatic heterocycles. The van der Waals surface area contributed by atoms with E-state index >= 15 is 0 Å². The van der Waals surface area contributed by atoms with E-state index in [4.69, 9.17) is 9.47 Å². The first kappa shape index (κ1) is 18.7. The number of benzene rings is 1. The maximum Gasteiger partial charge on any atom is 0.246 e. The van der Waals surface area contributed by atoms with Crippen LogP contribution in [0, 0.1) is 5.82 Å². The molecule has 6 heteroatoms. The highest BCUT2D eigenvalue weighted by Gasteiger charge is 2.20. The number of hydrogen-bond donors (Lipinski definition) is 1. The van der Waals surface area contributed by atoms with E-state index in [2.05, 4.69) is 17.1 Å². The molecule has 1 N–H and O–H groups in total. The van der Waals surface area contributed by atoms with Gasteiger partial charge in [0.25, 0.3) is 0 Å². The van der Waals surface area contributed by atoms with E-state index in [1.807, 2.05) is 6.92 Å². The number of unbranched alkanes of at least 4 members (excludes halogenated alkanes) is 1. The number of hydrogen-bond acceptors (Lipinski definition) is 4. The van der Waals surface area contributed by atoms with E-state index in [0.29, 0.717) is 19.8 Å². The molecule has 1 amide bonds. The summed E-state index contributed by atoms with van der Waals surface area (Å²) in [6.07, 6.45) is 1.97. The van der Waals surface area contributed by atoms with E-state index in [9.17, 15) is 9.18 Å². The van der Waals surface area contributed by atoms with Crippen molar-refractivity contribution in [1.29, 1.82) is 0 Å². The number of carbonyl (C=O) groups excluding carboxylic acids is 1. The summed E-state index contributed by atoms with van der Waals surface area (Å²) in [4.78, 5) is 14.2. The number of anilines is 1. The lowest BCUT2D eigenvalue weighted by Gasteiger charge is -2.32. The molecule has 0 radical (unpaired) electrons. The molecular formula is C18H27FN2O3. The number of amides is 1. The molecule has 1 saturated heterocycles. The van der Waals surface area contributed by atoms with Gasteiger partial charge in [-0.1, -0.05) is 13.3 Å². The summed E-state index contributed by atoms with van der Waals surface area (Å²) >= 11 is 0. The fraction of sp³-hybridized carbons (Fsp3) is 0.611. The Morgan fingerprint density at radius 3 is 2.88 bits per heavy atom. The van der Waals surface area contributed by atoms with E-state index < -0.39 is 0 Å². The van der Waals surface area contributed by atoms with Crippen LogP contribution < -0.4 is 10.2 Å². The SMILES string of the molecule is CCCCOCC(=O)NC(C)c1cc(F)ccc1N1CCOCC1. The Kier molecular flexibility index (Phi) is 7.46. The number of carbonyl (C=O) groups is 1. The second kappa shape index (κ2) is 9.59. The fourth-order valence-corrected chi connectivity index (χ4v) is 2.74. The minimum absolute atomic E-state index is 0.0343. The van der Waals surface area contributed by atoms with E-state index in [1.54, 1.807) is 6.07 Å². The zero-order valence-electron chi connectivity index (χ0n) is 14.5. The molecule has 24 heavy (non-hydrogen) atoms. The van der Waals surface area contributed by atoms with Crippen molar-refractivity contribution in [3.63, 3.8) is 0 Å². The normalized spacial score (nSPS) is 16.0. The Morgan fingerprint density at radius 1 is 1.42 bits per heavy atom. The molecule has 0 aromatic heterocycles. The molecule has 5 nitrogen and oxygen atoms in total. The van der Waals surface area contributed by atoms with Gasteiger partial charge in [-0.15, -0.1) is 0 Å². The van der Waals surface area contributed by atoms with Crippen LogP contribution >= 0.6 is 0 Å². The summed E-state index contributed by atoms with van der Waals surface area (Å²) in [6, 6.07) is 4.43. The molecule has 1 aromatic rings. The maximum atomic E-state index is 13.7. The predicted molar refractivity (Wildman–Crippen MR) is 91.7 cm³/mol. The highest BCUT2D eigenvalue weighted by atomic mass is 19.1. The molecule has 0 aliphatic carbocycles. The Bertz CT molecular complexity index is 533. The van der Waals surface area contributed by atoms with Crippen LogP contribution in [-0.2, 0) is 14.3 Å². The minimum Gasteiger partial charge on any atom is -0.378 e. The maximum absolute atomic E-state index is 13.7. The monoisotopic (exact) mass is 338 g/mol. The first-order valence-corrected chi connectivity index (χ1v) is 8.61. The Morgan fingerprint density at radius 2 is 2.17 bits per heavy atom. The predicted octanol–water partition coefficient (Wildman–Crippen LogP) is 2.66. The lowest BCUT2D eigenvalue weighted by Crippen LogP contribution is -2.38. The lowest BCUT2D eigenvalue weighted by atomic mass is 10.0. The summed E-state index contributed by atoms with van der Waals surface area (Å²) in [7, 11) is 0. The molecule has 1 aliphatic rings. The zero-order chi connectivity index (χ0) is 17.4. The van der Waals surface area contributed by atoms with Gasteiger partial charge < -0.3 is 19.7 Å². The topological polar surface area (TPSA) is 50.8 Å². The third kappa shape index (κ3) is 5.46. The van der Waals surface area contributed by atoms with Gasteiger partial charge in [0, 0.05) is 30.9 Å². The first-order chi connectivity index (χ1) is 11.6. The van der Waals surface area contributed by atoms with E-state index in [0.717, 1.165) is 37.2 Å². The van der Waals surface area contributed by atoms with Gasteiger partial charge in [-0.2, -0.15) is 0 Å². The van der Waals surface area contributed by atoms with Crippen molar-refractivity contribution in [3.8, 4) is 0 Å². The standard InChI is InChI=1S/C18H27FN2O3/c1-3-4-9-24-13-18(22)20-14(2)16-12-15(19)5-6-17(16)21-7-10-23-11-8-21/h5-6,12,14H,3-4,7-11,13H2,1-2H3,(H,20,22). The largest absolute Gasteiger partial charge is 0.378 e. The summed E-state index contributed by atoms with van der Waals surface area (Å²) in [5.41, 5.74) is 1.72. The number of halogens is 1. The van der Waals surface area contributed by atoms with E-state index in [1.165, 1.54) is 12.1 Å². The molecule has 0 bridgehead atoms. The molecule has 1 heterocycles. The van der Waals surface area contributed by atoms with Crippen molar-refractivity contribution in [1.82, 2.24) is 5.32 Å². The van der Waals surface area contributed by atoms with Crippen molar-refractivity contribution in [2.75, 3.05) is 44.4 Å². The van der Waals surface area contributed by atoms with Crippen LogP contribution in [0.3, 0.4) is 0 Å². The van der Waals surface area contributed by atoms with Gasteiger partial charge in [-0.05, 0) is 31.5 Å². The first-order valence-electron chi connectivity index (χ1n) is 8.61. The second-order valence-corrected chi connectivity index (χ2v) is 6.00. The average molecular weight is 338 g/mol. The van der Waals surface area contributed by atoms with Crippen LogP contribution in [0.15, 0.2) is 18.2 Å². The van der Waals surface area contributed by atoms with Crippen LogP contribution in [-0.4, -0.2) is 45.4 Å². The third-order valence-corrected chi connectivity index (χ3v) is 4.06. The molecule has 1 aromatic carbocycles. The van der Waals surface area contributed by atoms with Gasteiger partial charge in [0.15, 0.2) is 0 Å². The molecule has 1 unspecified atom stereocenters. The minimum atomic E-state index is -0.303. The van der Waals surface area contributed by atoms with Gasteiger partial charge in [0.2, 0.25) is 5.91 Å². The molecular weight excluding hydrogens is 311 g/mol. The number of nitrogens with one attached hydrogen (secondary N) is 1. The smallest absolute Gasteiger partial charge is 0.246 e.